The van der Waals surface area contributed by atoms with Gasteiger partial charge in [-0.1, -0.05) is 100 Å². The molecule has 0 spiro atoms. The minimum Gasteiger partial charge on any atom is -0.295 e. The van der Waals surface area contributed by atoms with Gasteiger partial charge in [0, 0.05) is 6.42 Å². The van der Waals surface area contributed by atoms with Gasteiger partial charge in [-0.15, -0.1) is 0 Å². The molecule has 0 N–H and O–H groups in total. The summed E-state index contributed by atoms with van der Waals surface area (Å²) >= 11 is 0. The van der Waals surface area contributed by atoms with E-state index in [0.717, 1.165) is 31.6 Å². The van der Waals surface area contributed by atoms with Crippen LogP contribution in [-0.2, 0) is 11.2 Å². The zero-order valence-corrected chi connectivity index (χ0v) is 20.8. The summed E-state index contributed by atoms with van der Waals surface area (Å²) in [6.45, 7) is 4.60. The fourth-order valence-electron chi connectivity index (χ4n) is 6.06. The van der Waals surface area contributed by atoms with Crippen LogP contribution in [0.25, 0.3) is 0 Å². The number of fused-ring (bicyclic) bond motifs is 1. The van der Waals surface area contributed by atoms with Gasteiger partial charge in [0.2, 0.25) is 0 Å². The van der Waals surface area contributed by atoms with E-state index < -0.39 is 0 Å². The summed E-state index contributed by atoms with van der Waals surface area (Å²) in [6.07, 6.45) is 25.2. The highest BCUT2D eigenvalue weighted by Crippen LogP contribution is 2.39. The number of ketones is 1. The second kappa shape index (κ2) is 11.8. The highest BCUT2D eigenvalue weighted by Gasteiger charge is 2.27. The van der Waals surface area contributed by atoms with Gasteiger partial charge in [0.25, 0.3) is 0 Å². The first-order valence-electron chi connectivity index (χ1n) is 13.5. The number of carbonyl (C=O) groups is 1. The van der Waals surface area contributed by atoms with Crippen LogP contribution in [0, 0.1) is 11.8 Å². The average Bonchev–Trinajstić information content (AvgIpc) is 3.26. The molecule has 2 unspecified atom stereocenters. The highest BCUT2D eigenvalue weighted by molar-refractivity contribution is 5.91. The molecule has 0 radical (unpaired) electrons. The van der Waals surface area contributed by atoms with Crippen LogP contribution in [0.3, 0.4) is 0 Å². The lowest BCUT2D eigenvalue weighted by atomic mass is 9.81. The standard InChI is InChI=1S/C32H42O/c1-3-7-24(2)28-17-14-26(15-18-28)13-12-25-10-6-11-29-19-20-31(33)23-30(32(29)21-16-25)22-27-8-4-5-9-27/h10-11,14-15,17-21,24,27,30H,3-9,12-13,16,22-23H2,1-2H3. The van der Waals surface area contributed by atoms with Crippen molar-refractivity contribution < 1.29 is 4.79 Å². The summed E-state index contributed by atoms with van der Waals surface area (Å²) < 4.78 is 0. The van der Waals surface area contributed by atoms with Gasteiger partial charge in [0.1, 0.15) is 0 Å². The highest BCUT2D eigenvalue weighted by atomic mass is 16.1. The zero-order valence-electron chi connectivity index (χ0n) is 20.8. The van der Waals surface area contributed by atoms with E-state index in [1.54, 1.807) is 5.57 Å². The molecule has 1 nitrogen and oxygen atoms in total. The molecule has 0 amide bonds. The lowest BCUT2D eigenvalue weighted by molar-refractivity contribution is -0.115. The molecule has 4 rings (SSSR count). The SMILES string of the molecule is CCCC(C)c1ccc(CCC2=CCC=C3C=CC(=O)CC(CC4CCCC4)C3=CC2)cc1. The summed E-state index contributed by atoms with van der Waals surface area (Å²) in [5, 5.41) is 0. The molecule has 1 aromatic rings. The minimum atomic E-state index is 0.302. The number of hydrogen-bond acceptors (Lipinski definition) is 1. The van der Waals surface area contributed by atoms with E-state index in [9.17, 15) is 4.79 Å². The quantitative estimate of drug-likeness (QED) is 0.367. The largest absolute Gasteiger partial charge is 0.295 e. The van der Waals surface area contributed by atoms with Crippen molar-refractivity contribution >= 4 is 5.78 Å². The van der Waals surface area contributed by atoms with E-state index in [2.05, 4.69) is 62.4 Å². The average molecular weight is 443 g/mol. The molecule has 176 valence electrons. The van der Waals surface area contributed by atoms with E-state index >= 15 is 0 Å². The Bertz CT molecular complexity index is 918. The molecule has 1 fully saturated rings. The maximum absolute atomic E-state index is 12.5. The topological polar surface area (TPSA) is 17.1 Å². The van der Waals surface area contributed by atoms with Crippen LogP contribution in [-0.4, -0.2) is 5.78 Å². The van der Waals surface area contributed by atoms with Crippen molar-refractivity contribution in [1.29, 1.82) is 0 Å². The van der Waals surface area contributed by atoms with Crippen LogP contribution >= 0.6 is 0 Å². The normalized spacial score (nSPS) is 22.5. The molecule has 2 atom stereocenters. The lowest BCUT2D eigenvalue weighted by Crippen LogP contribution is -2.13. The van der Waals surface area contributed by atoms with Gasteiger partial charge >= 0.3 is 0 Å². The Hall–Kier alpha value is -2.15. The molecule has 0 bridgehead atoms. The molecule has 1 saturated carbocycles. The Morgan fingerprint density at radius 2 is 1.76 bits per heavy atom. The van der Waals surface area contributed by atoms with Crippen molar-refractivity contribution in [2.45, 2.75) is 96.8 Å². The van der Waals surface area contributed by atoms with Gasteiger partial charge in [0.15, 0.2) is 5.78 Å². The van der Waals surface area contributed by atoms with Crippen molar-refractivity contribution in [2.75, 3.05) is 0 Å². The van der Waals surface area contributed by atoms with Gasteiger partial charge in [-0.3, -0.25) is 4.79 Å². The molecule has 1 aromatic carbocycles. The molecule has 33 heavy (non-hydrogen) atoms. The first-order chi connectivity index (χ1) is 16.1. The molecule has 3 aliphatic rings. The molecular weight excluding hydrogens is 400 g/mol. The fraction of sp³-hybridized carbons (Fsp3) is 0.531. The second-order valence-corrected chi connectivity index (χ2v) is 10.6. The van der Waals surface area contributed by atoms with Crippen molar-refractivity contribution in [3.05, 3.63) is 82.5 Å². The van der Waals surface area contributed by atoms with Gasteiger partial charge in [-0.05, 0) is 84.6 Å². The van der Waals surface area contributed by atoms with Crippen LogP contribution < -0.4 is 0 Å². The zero-order chi connectivity index (χ0) is 23.0. The van der Waals surface area contributed by atoms with E-state index in [-0.39, 0.29) is 0 Å². The van der Waals surface area contributed by atoms with E-state index in [4.69, 9.17) is 0 Å². The first-order valence-corrected chi connectivity index (χ1v) is 13.5. The molecule has 0 aliphatic heterocycles. The summed E-state index contributed by atoms with van der Waals surface area (Å²) in [5.41, 5.74) is 7.20. The predicted molar refractivity (Wildman–Crippen MR) is 140 cm³/mol. The minimum absolute atomic E-state index is 0.302. The van der Waals surface area contributed by atoms with Crippen LogP contribution in [0.2, 0.25) is 0 Å². The molecule has 3 aliphatic carbocycles. The second-order valence-electron chi connectivity index (χ2n) is 10.6. The first kappa shape index (κ1) is 24.0. The Balaban J connectivity index is 1.41. The maximum Gasteiger partial charge on any atom is 0.156 e. The van der Waals surface area contributed by atoms with Crippen molar-refractivity contribution in [2.24, 2.45) is 11.8 Å². The number of rotatable bonds is 8. The summed E-state index contributed by atoms with van der Waals surface area (Å²) in [5.74, 6) is 2.17. The van der Waals surface area contributed by atoms with Crippen molar-refractivity contribution in [3.63, 3.8) is 0 Å². The van der Waals surface area contributed by atoms with Crippen molar-refractivity contribution in [1.82, 2.24) is 0 Å². The molecule has 0 aromatic heterocycles. The summed E-state index contributed by atoms with van der Waals surface area (Å²) in [4.78, 5) is 12.5. The monoisotopic (exact) mass is 442 g/mol. The van der Waals surface area contributed by atoms with Crippen LogP contribution in [0.15, 0.2) is 71.4 Å². The smallest absolute Gasteiger partial charge is 0.156 e. The molecule has 0 heterocycles. The molecule has 0 saturated heterocycles. The van der Waals surface area contributed by atoms with E-state index in [1.807, 2.05) is 6.08 Å². The fourth-order valence-corrected chi connectivity index (χ4v) is 6.06. The Morgan fingerprint density at radius 1 is 0.970 bits per heavy atom. The van der Waals surface area contributed by atoms with Crippen LogP contribution in [0.5, 0.6) is 0 Å². The maximum atomic E-state index is 12.5. The lowest BCUT2D eigenvalue weighted by Gasteiger charge is -2.23. The van der Waals surface area contributed by atoms with E-state index in [1.165, 1.54) is 67.2 Å². The number of benzene rings is 1. The van der Waals surface area contributed by atoms with Crippen molar-refractivity contribution in [3.8, 4) is 0 Å². The van der Waals surface area contributed by atoms with Gasteiger partial charge in [-0.25, -0.2) is 0 Å². The molecular formula is C32H42O. The Labute approximate surface area is 201 Å². The predicted octanol–water partition coefficient (Wildman–Crippen LogP) is 8.82. The molecule has 1 heteroatoms. The Morgan fingerprint density at radius 3 is 2.52 bits per heavy atom. The van der Waals surface area contributed by atoms with Gasteiger partial charge in [-0.2, -0.15) is 0 Å². The number of allylic oxidation sites excluding steroid dienone is 8. The summed E-state index contributed by atoms with van der Waals surface area (Å²) in [7, 11) is 0. The third kappa shape index (κ3) is 6.69. The Kier molecular flexibility index (Phi) is 8.59. The van der Waals surface area contributed by atoms with Gasteiger partial charge < -0.3 is 0 Å². The number of carbonyl (C=O) groups excluding carboxylic acids is 1. The van der Waals surface area contributed by atoms with Crippen LogP contribution in [0.4, 0.5) is 0 Å². The van der Waals surface area contributed by atoms with Crippen LogP contribution in [0.1, 0.15) is 102 Å². The number of aryl methyl sites for hydroxylation is 1. The third-order valence-corrected chi connectivity index (χ3v) is 8.10. The third-order valence-electron chi connectivity index (χ3n) is 8.10. The summed E-state index contributed by atoms with van der Waals surface area (Å²) in [6, 6.07) is 9.34. The van der Waals surface area contributed by atoms with E-state index in [0.29, 0.717) is 24.0 Å². The number of hydrogen-bond donors (Lipinski definition) is 0. The van der Waals surface area contributed by atoms with Gasteiger partial charge in [0.05, 0.1) is 0 Å².